The van der Waals surface area contributed by atoms with Gasteiger partial charge in [-0.05, 0) is 19.8 Å². The van der Waals surface area contributed by atoms with E-state index in [-0.39, 0.29) is 0 Å². The van der Waals surface area contributed by atoms with Gasteiger partial charge in [-0.15, -0.1) is 0 Å². The zero-order chi connectivity index (χ0) is 6.69. The minimum absolute atomic E-state index is 0.322. The van der Waals surface area contributed by atoms with Gasteiger partial charge in [-0.2, -0.15) is 11.8 Å². The normalized spacial score (nSPS) is 17.9. The lowest BCUT2D eigenvalue weighted by atomic mass is 10.4. The third kappa shape index (κ3) is 3.57. The molecule has 0 N–H and O–H groups in total. The molecule has 1 nitrogen and oxygen atoms in total. The Morgan fingerprint density at radius 3 is 2.78 bits per heavy atom. The third-order valence-corrected chi connectivity index (χ3v) is 2.71. The molecule has 1 aliphatic rings. The van der Waals surface area contributed by atoms with Crippen molar-refractivity contribution in [1.29, 1.82) is 0 Å². The van der Waals surface area contributed by atoms with Crippen LogP contribution in [0.4, 0.5) is 0 Å². The number of rotatable bonds is 4. The summed E-state index contributed by atoms with van der Waals surface area (Å²) in [5.74, 6) is 1.36. The van der Waals surface area contributed by atoms with E-state index in [9.17, 15) is 4.79 Å². The molecule has 0 saturated heterocycles. The Kier molecular flexibility index (Phi) is 2.58. The van der Waals surface area contributed by atoms with E-state index in [0.717, 1.165) is 17.4 Å². The fourth-order valence-electron chi connectivity index (χ4n) is 0.604. The van der Waals surface area contributed by atoms with Gasteiger partial charge < -0.3 is 0 Å². The van der Waals surface area contributed by atoms with Crippen LogP contribution in [0.2, 0.25) is 0 Å². The molecule has 0 atom stereocenters. The molecule has 0 amide bonds. The van der Waals surface area contributed by atoms with Crippen LogP contribution in [-0.2, 0) is 4.79 Å². The van der Waals surface area contributed by atoms with Crippen LogP contribution in [0.5, 0.6) is 0 Å². The van der Waals surface area contributed by atoms with Crippen molar-refractivity contribution < 1.29 is 4.79 Å². The predicted octanol–water partition coefficient (Wildman–Crippen LogP) is 1.86. The molecule has 0 aliphatic heterocycles. The van der Waals surface area contributed by atoms with Crippen molar-refractivity contribution in [2.24, 2.45) is 0 Å². The fourth-order valence-corrected chi connectivity index (χ4v) is 1.81. The number of ketones is 1. The van der Waals surface area contributed by atoms with Gasteiger partial charge in [0, 0.05) is 17.4 Å². The van der Waals surface area contributed by atoms with Crippen molar-refractivity contribution in [3.8, 4) is 0 Å². The molecule has 52 valence electrons. The second-order valence-corrected chi connectivity index (χ2v) is 3.93. The summed E-state index contributed by atoms with van der Waals surface area (Å²) in [7, 11) is 0. The third-order valence-electron chi connectivity index (χ3n) is 1.33. The van der Waals surface area contributed by atoms with E-state index in [1.54, 1.807) is 6.92 Å². The summed E-state index contributed by atoms with van der Waals surface area (Å²) in [5.41, 5.74) is 0. The van der Waals surface area contributed by atoms with Crippen LogP contribution in [-0.4, -0.2) is 16.8 Å². The highest BCUT2D eigenvalue weighted by Gasteiger charge is 2.20. The Bertz CT molecular complexity index is 107. The first-order valence-corrected chi connectivity index (χ1v) is 4.45. The molecular formula is C7H12OS. The molecule has 0 radical (unpaired) electrons. The van der Waals surface area contributed by atoms with Crippen molar-refractivity contribution >= 4 is 17.5 Å². The van der Waals surface area contributed by atoms with Crippen LogP contribution in [0.3, 0.4) is 0 Å². The molecule has 1 saturated carbocycles. The Morgan fingerprint density at radius 1 is 1.67 bits per heavy atom. The lowest BCUT2D eigenvalue weighted by Crippen LogP contribution is -1.92. The van der Waals surface area contributed by atoms with Crippen molar-refractivity contribution in [2.45, 2.75) is 31.4 Å². The summed E-state index contributed by atoms with van der Waals surface area (Å²) >= 11 is 1.95. The maximum Gasteiger partial charge on any atom is 0.130 e. The molecule has 0 spiro atoms. The molecule has 1 rings (SSSR count). The Morgan fingerprint density at radius 2 is 2.33 bits per heavy atom. The minimum Gasteiger partial charge on any atom is -0.300 e. The zero-order valence-electron chi connectivity index (χ0n) is 5.72. The zero-order valence-corrected chi connectivity index (χ0v) is 6.54. The molecule has 0 aromatic rings. The summed E-state index contributed by atoms with van der Waals surface area (Å²) in [5, 5.41) is 0.907. The molecule has 1 aliphatic carbocycles. The van der Waals surface area contributed by atoms with Crippen LogP contribution in [0, 0.1) is 0 Å². The second kappa shape index (κ2) is 3.25. The summed E-state index contributed by atoms with van der Waals surface area (Å²) in [6.45, 7) is 1.66. The van der Waals surface area contributed by atoms with E-state index in [4.69, 9.17) is 0 Å². The summed E-state index contributed by atoms with van der Waals surface area (Å²) in [4.78, 5) is 10.4. The highest BCUT2D eigenvalue weighted by Crippen LogP contribution is 2.34. The van der Waals surface area contributed by atoms with Gasteiger partial charge in [-0.1, -0.05) is 0 Å². The summed E-state index contributed by atoms with van der Waals surface area (Å²) in [6, 6.07) is 0. The van der Waals surface area contributed by atoms with Gasteiger partial charge in [-0.3, -0.25) is 4.79 Å². The van der Waals surface area contributed by atoms with E-state index in [1.165, 1.54) is 12.8 Å². The van der Waals surface area contributed by atoms with Crippen LogP contribution in [0.15, 0.2) is 0 Å². The van der Waals surface area contributed by atoms with Crippen LogP contribution in [0.1, 0.15) is 26.2 Å². The van der Waals surface area contributed by atoms with Crippen LogP contribution < -0.4 is 0 Å². The first kappa shape index (κ1) is 7.13. The van der Waals surface area contributed by atoms with Crippen LogP contribution in [0.25, 0.3) is 0 Å². The van der Waals surface area contributed by atoms with Gasteiger partial charge >= 0.3 is 0 Å². The molecule has 9 heavy (non-hydrogen) atoms. The van der Waals surface area contributed by atoms with Gasteiger partial charge in [-0.25, -0.2) is 0 Å². The maximum absolute atomic E-state index is 10.4. The fraction of sp³-hybridized carbons (Fsp3) is 0.857. The average Bonchev–Trinajstić information content (AvgIpc) is 2.48. The van der Waals surface area contributed by atoms with Gasteiger partial charge in [0.05, 0.1) is 0 Å². The topological polar surface area (TPSA) is 17.1 Å². The van der Waals surface area contributed by atoms with Gasteiger partial charge in [0.1, 0.15) is 5.78 Å². The van der Waals surface area contributed by atoms with E-state index in [2.05, 4.69) is 0 Å². The quantitative estimate of drug-likeness (QED) is 0.599. The first-order valence-electron chi connectivity index (χ1n) is 3.40. The van der Waals surface area contributed by atoms with Crippen molar-refractivity contribution in [1.82, 2.24) is 0 Å². The number of Topliss-reactive ketones (excluding diaryl/α,β-unsaturated/α-hetero) is 1. The van der Waals surface area contributed by atoms with E-state index >= 15 is 0 Å². The highest BCUT2D eigenvalue weighted by atomic mass is 32.2. The number of hydrogen-bond acceptors (Lipinski definition) is 2. The molecule has 1 fully saturated rings. The maximum atomic E-state index is 10.4. The summed E-state index contributed by atoms with van der Waals surface area (Å²) < 4.78 is 0. The molecule has 0 unspecified atom stereocenters. The molecule has 2 heteroatoms. The number of thioether (sulfide) groups is 1. The average molecular weight is 144 g/mol. The predicted molar refractivity (Wildman–Crippen MR) is 40.8 cm³/mol. The Balaban J connectivity index is 1.86. The van der Waals surface area contributed by atoms with Gasteiger partial charge in [0.15, 0.2) is 0 Å². The molecular weight excluding hydrogens is 132 g/mol. The smallest absolute Gasteiger partial charge is 0.130 e. The first-order chi connectivity index (χ1) is 4.29. The van der Waals surface area contributed by atoms with E-state index in [1.807, 2.05) is 11.8 Å². The van der Waals surface area contributed by atoms with Crippen LogP contribution >= 0.6 is 11.8 Å². The number of carbonyl (C=O) groups is 1. The van der Waals surface area contributed by atoms with E-state index < -0.39 is 0 Å². The molecule has 0 bridgehead atoms. The monoisotopic (exact) mass is 144 g/mol. The second-order valence-electron chi connectivity index (χ2n) is 2.52. The summed E-state index contributed by atoms with van der Waals surface area (Å²) in [6.07, 6.45) is 3.52. The van der Waals surface area contributed by atoms with Gasteiger partial charge in [0.25, 0.3) is 0 Å². The largest absolute Gasteiger partial charge is 0.300 e. The lowest BCUT2D eigenvalue weighted by molar-refractivity contribution is -0.116. The lowest BCUT2D eigenvalue weighted by Gasteiger charge is -1.93. The Hall–Kier alpha value is 0.0200. The standard InChI is InChI=1S/C7H12OS/c1-6(8)4-5-9-7-2-3-7/h7H,2-5H2,1H3. The van der Waals surface area contributed by atoms with Crippen molar-refractivity contribution in [3.63, 3.8) is 0 Å². The van der Waals surface area contributed by atoms with Crippen molar-refractivity contribution in [3.05, 3.63) is 0 Å². The molecule has 0 aromatic heterocycles. The number of hydrogen-bond donors (Lipinski definition) is 0. The minimum atomic E-state index is 0.322. The highest BCUT2D eigenvalue weighted by molar-refractivity contribution is 8.00. The van der Waals surface area contributed by atoms with E-state index in [0.29, 0.717) is 5.78 Å². The van der Waals surface area contributed by atoms with Crippen molar-refractivity contribution in [2.75, 3.05) is 5.75 Å². The molecule has 0 heterocycles. The molecule has 0 aromatic carbocycles. The number of carbonyl (C=O) groups excluding carboxylic acids is 1. The van der Waals surface area contributed by atoms with Gasteiger partial charge in [0.2, 0.25) is 0 Å². The Labute approximate surface area is 60.2 Å². The SMILES string of the molecule is CC(=O)CCSC1CC1.